The maximum Gasteiger partial charge on any atom is 0.359 e. The maximum absolute atomic E-state index is 11.1. The number of unbranched alkanes of at least 4 members (excludes halogenated alkanes) is 15. The van der Waals surface area contributed by atoms with E-state index in [0.29, 0.717) is 24.0 Å². The molecule has 9 nitrogen and oxygen atoms in total. The molecule has 0 fully saturated rings. The van der Waals surface area contributed by atoms with Crippen LogP contribution in [-0.4, -0.2) is 108 Å². The van der Waals surface area contributed by atoms with Crippen molar-refractivity contribution in [3.63, 3.8) is 0 Å². The Balaban J connectivity index is 0. The van der Waals surface area contributed by atoms with E-state index in [-0.39, 0.29) is 49.3 Å². The summed E-state index contributed by atoms with van der Waals surface area (Å²) in [6.07, 6.45) is 21.3. The van der Waals surface area contributed by atoms with Gasteiger partial charge in [-0.05, 0) is 12.8 Å². The fourth-order valence-electron chi connectivity index (χ4n) is 4.90. The smallest absolute Gasteiger partial charge is 0.359 e. The first-order valence-electron chi connectivity index (χ1n) is 15.0. The molecule has 39 heavy (non-hydrogen) atoms. The fourth-order valence-corrected chi connectivity index (χ4v) is 5.22. The summed E-state index contributed by atoms with van der Waals surface area (Å²) in [5.74, 6) is 0.178. The summed E-state index contributed by atoms with van der Waals surface area (Å²) in [4.78, 5) is 15.6. The van der Waals surface area contributed by atoms with Gasteiger partial charge < -0.3 is 14.8 Å². The minimum Gasteiger partial charge on any atom is -0.726 e. The van der Waals surface area contributed by atoms with Crippen molar-refractivity contribution in [3.8, 4) is 0 Å². The molecule has 0 spiro atoms. The molecule has 0 saturated carbocycles. The van der Waals surface area contributed by atoms with Crippen LogP contribution in [-0.2, 0) is 19.4 Å². The second-order valence-corrected chi connectivity index (χ2v) is 11.5. The summed E-state index contributed by atoms with van der Waals surface area (Å²) in [6.45, 7) is 6.42. The Labute approximate surface area is 261 Å². The Bertz CT molecular complexity index is 723. The molecule has 1 atom stereocenters. The Hall–Kier alpha value is -0.0700. The van der Waals surface area contributed by atoms with Crippen molar-refractivity contribution in [3.05, 3.63) is 0 Å². The van der Waals surface area contributed by atoms with Crippen LogP contribution >= 0.6 is 0 Å². The minimum absolute atomic E-state index is 0. The Morgan fingerprint density at radius 3 is 1.77 bits per heavy atom. The van der Waals surface area contributed by atoms with Crippen LogP contribution in [0.5, 0.6) is 0 Å². The number of rotatable bonds is 24. The van der Waals surface area contributed by atoms with Crippen LogP contribution in [0.15, 0.2) is 4.99 Å². The number of nitrogens with zero attached hydrogens (tertiary/aromatic N) is 2. The number of aliphatic hydroxyl groups excluding tert-OH is 1. The third-order valence-electron chi connectivity index (χ3n) is 7.07. The number of hydrogen-bond acceptors (Lipinski definition) is 7. The van der Waals surface area contributed by atoms with E-state index in [9.17, 15) is 22.9 Å². The average molecular weight is 588 g/mol. The molecule has 0 amide bonds. The van der Waals surface area contributed by atoms with Crippen LogP contribution in [0.25, 0.3) is 0 Å². The summed E-state index contributed by atoms with van der Waals surface area (Å²) >= 11 is 0. The van der Waals surface area contributed by atoms with Crippen molar-refractivity contribution in [1.29, 1.82) is 0 Å². The van der Waals surface area contributed by atoms with Crippen LogP contribution < -0.4 is 0 Å². The van der Waals surface area contributed by atoms with Crippen molar-refractivity contribution in [1.82, 2.24) is 0 Å². The molecule has 227 valence electrons. The standard InChI is InChI=1S/C16H30N2O3.C12H26O4S.Na/c1-2-3-4-5-6-7-8-9-15-17-10-11-18(15,12-13-19)14-16(20)21;1-2-3-4-5-6-7-8-9-10-11-12-16-17(13,14)15;/h19H,2-14H2,1H3;2-12H2,1H3,(H,13,14,15);. The zero-order chi connectivity index (χ0) is 28.5. The molecule has 1 radical (unpaired) electrons. The number of quaternary nitrogens is 1. The van der Waals surface area contributed by atoms with Gasteiger partial charge in [0.05, 0.1) is 19.8 Å². The molecule has 1 aliphatic rings. The number of carboxylic acids is 1. The van der Waals surface area contributed by atoms with Gasteiger partial charge >= 0.3 is 5.97 Å². The number of amidine groups is 1. The fraction of sp³-hybridized carbons (Fsp3) is 0.929. The molecule has 1 aliphatic heterocycles. The quantitative estimate of drug-likeness (QED) is 0.0505. The molecular formula is C28H56N2NaO7S. The number of aliphatic carboxylic acids is 1. The topological polar surface area (TPSA) is 136 Å². The normalized spacial score (nSPS) is 16.8. The van der Waals surface area contributed by atoms with Gasteiger partial charge in [-0.15, -0.1) is 0 Å². The van der Waals surface area contributed by atoms with Gasteiger partial charge in [0, 0.05) is 36.0 Å². The van der Waals surface area contributed by atoms with E-state index in [4.69, 9.17) is 5.11 Å². The van der Waals surface area contributed by atoms with Gasteiger partial charge in [0.25, 0.3) is 0 Å². The van der Waals surface area contributed by atoms with Crippen molar-refractivity contribution in [2.24, 2.45) is 4.99 Å². The van der Waals surface area contributed by atoms with Crippen molar-refractivity contribution < 1.29 is 36.6 Å². The zero-order valence-corrected chi connectivity index (χ0v) is 28.0. The molecule has 1 heterocycles. The summed E-state index contributed by atoms with van der Waals surface area (Å²) in [5, 5.41) is 18.4. The Morgan fingerprint density at radius 2 is 1.33 bits per heavy atom. The van der Waals surface area contributed by atoms with E-state index in [1.54, 1.807) is 0 Å². The molecule has 0 bridgehead atoms. The van der Waals surface area contributed by atoms with Gasteiger partial charge in [-0.1, -0.05) is 110 Å². The molecule has 1 unspecified atom stereocenters. The van der Waals surface area contributed by atoms with E-state index in [1.165, 1.54) is 83.5 Å². The molecule has 0 aromatic heterocycles. The molecule has 0 saturated heterocycles. The maximum atomic E-state index is 11.1. The molecule has 11 heteroatoms. The van der Waals surface area contributed by atoms with Crippen LogP contribution in [0.2, 0.25) is 0 Å². The summed E-state index contributed by atoms with van der Waals surface area (Å²) in [7, 11) is -4.48. The van der Waals surface area contributed by atoms with Crippen molar-refractivity contribution in [2.75, 3.05) is 39.4 Å². The van der Waals surface area contributed by atoms with Gasteiger partial charge in [-0.3, -0.25) is 8.67 Å². The number of carboxylic acid groups (broad SMARTS) is 1. The van der Waals surface area contributed by atoms with Crippen LogP contribution in [0.1, 0.15) is 129 Å². The summed E-state index contributed by atoms with van der Waals surface area (Å²) < 4.78 is 34.8. The van der Waals surface area contributed by atoms with Crippen LogP contribution in [0, 0.1) is 0 Å². The van der Waals surface area contributed by atoms with Gasteiger partial charge in [0.1, 0.15) is 13.1 Å². The number of aliphatic hydroxyl groups is 1. The number of aliphatic imine (C=N–C) groups is 1. The largest absolute Gasteiger partial charge is 0.726 e. The van der Waals surface area contributed by atoms with Crippen molar-refractivity contribution in [2.45, 2.75) is 129 Å². The van der Waals surface area contributed by atoms with Gasteiger partial charge in [-0.25, -0.2) is 18.2 Å². The molecule has 2 N–H and O–H groups in total. The van der Waals surface area contributed by atoms with Crippen molar-refractivity contribution >= 4 is 51.8 Å². The van der Waals surface area contributed by atoms with E-state index in [0.717, 1.165) is 38.1 Å². The van der Waals surface area contributed by atoms with Crippen LogP contribution in [0.4, 0.5) is 0 Å². The van der Waals surface area contributed by atoms with Gasteiger partial charge in [0.15, 0.2) is 12.4 Å². The average Bonchev–Trinajstić information content (AvgIpc) is 3.23. The zero-order valence-electron chi connectivity index (χ0n) is 25.2. The molecule has 1 rings (SSSR count). The predicted octanol–water partition coefficient (Wildman–Crippen LogP) is 5.44. The third kappa shape index (κ3) is 24.3. The molecule has 0 aromatic carbocycles. The second-order valence-electron chi connectivity index (χ2n) is 10.4. The monoisotopic (exact) mass is 587 g/mol. The third-order valence-corrected chi connectivity index (χ3v) is 7.52. The van der Waals surface area contributed by atoms with Gasteiger partial charge in [0.2, 0.25) is 10.4 Å². The SMILES string of the molecule is CCCCCCCCCC1=NCC[N+]1(CCO)CC(=O)O.CCCCCCCCCCCCOS(=O)(=O)[O-].[Na]. The molecular weight excluding hydrogens is 531 g/mol. The summed E-state index contributed by atoms with van der Waals surface area (Å²) in [5.41, 5.74) is 0. The van der Waals surface area contributed by atoms with E-state index >= 15 is 0 Å². The van der Waals surface area contributed by atoms with E-state index in [1.807, 2.05) is 0 Å². The first-order valence-corrected chi connectivity index (χ1v) is 16.4. The minimum atomic E-state index is -4.48. The van der Waals surface area contributed by atoms with Crippen LogP contribution in [0.3, 0.4) is 0 Å². The number of hydrogen-bond donors (Lipinski definition) is 2. The Morgan fingerprint density at radius 1 is 0.872 bits per heavy atom. The van der Waals surface area contributed by atoms with E-state index < -0.39 is 16.4 Å². The first-order chi connectivity index (χ1) is 18.2. The Kier molecular flexibility index (Phi) is 28.2. The molecule has 0 aliphatic carbocycles. The van der Waals surface area contributed by atoms with E-state index in [2.05, 4.69) is 23.0 Å². The molecule has 0 aromatic rings. The van der Waals surface area contributed by atoms with Gasteiger partial charge in [-0.2, -0.15) is 0 Å². The second kappa shape index (κ2) is 26.8. The number of carbonyl (C=O) groups is 1. The predicted molar refractivity (Wildman–Crippen MR) is 158 cm³/mol. The summed E-state index contributed by atoms with van der Waals surface area (Å²) in [6, 6.07) is 0. The first kappa shape index (κ1) is 41.1.